The van der Waals surface area contributed by atoms with Crippen molar-refractivity contribution in [2.24, 2.45) is 4.99 Å². The topological polar surface area (TPSA) is 49.3 Å². The molecular formula is C16H18ClFN4. The molecule has 1 aromatic carbocycles. The molecule has 0 saturated carbocycles. The Hall–Kier alpha value is -2.14. The first kappa shape index (κ1) is 16.2. The van der Waals surface area contributed by atoms with E-state index >= 15 is 0 Å². The van der Waals surface area contributed by atoms with E-state index in [2.05, 4.69) is 20.6 Å². The Labute approximate surface area is 134 Å². The van der Waals surface area contributed by atoms with Crippen LogP contribution in [0, 0.1) is 12.7 Å². The Morgan fingerprint density at radius 2 is 1.86 bits per heavy atom. The van der Waals surface area contributed by atoms with Crippen LogP contribution in [0.1, 0.15) is 16.7 Å². The minimum Gasteiger partial charge on any atom is -0.352 e. The highest BCUT2D eigenvalue weighted by Gasteiger charge is 2.02. The summed E-state index contributed by atoms with van der Waals surface area (Å²) in [4.78, 5) is 8.17. The lowest BCUT2D eigenvalue weighted by molar-refractivity contribution is 0.617. The molecule has 0 fully saturated rings. The summed E-state index contributed by atoms with van der Waals surface area (Å²) in [5.74, 6) is 0.471. The van der Waals surface area contributed by atoms with Crippen molar-refractivity contribution in [2.45, 2.75) is 20.0 Å². The van der Waals surface area contributed by atoms with Gasteiger partial charge in [-0.1, -0.05) is 29.8 Å². The van der Waals surface area contributed by atoms with Crippen LogP contribution in [-0.2, 0) is 13.1 Å². The van der Waals surface area contributed by atoms with Crippen molar-refractivity contribution in [3.63, 3.8) is 0 Å². The van der Waals surface area contributed by atoms with Gasteiger partial charge >= 0.3 is 0 Å². The highest BCUT2D eigenvalue weighted by Crippen LogP contribution is 2.09. The van der Waals surface area contributed by atoms with E-state index in [4.69, 9.17) is 11.6 Å². The van der Waals surface area contributed by atoms with Crippen molar-refractivity contribution in [1.29, 1.82) is 0 Å². The van der Waals surface area contributed by atoms with E-state index in [1.807, 2.05) is 12.1 Å². The largest absolute Gasteiger partial charge is 0.352 e. The summed E-state index contributed by atoms with van der Waals surface area (Å²) in [5.41, 5.74) is 2.63. The average molecular weight is 321 g/mol. The second-order valence-corrected chi connectivity index (χ2v) is 5.24. The maximum Gasteiger partial charge on any atom is 0.191 e. The van der Waals surface area contributed by atoms with E-state index < -0.39 is 0 Å². The molecular weight excluding hydrogens is 303 g/mol. The van der Waals surface area contributed by atoms with E-state index in [1.165, 1.54) is 6.07 Å². The summed E-state index contributed by atoms with van der Waals surface area (Å²) in [5, 5.41) is 6.84. The SMILES string of the molecule is CN=C(NCc1ccc(Cl)nc1)NCc1ccc(F)c(C)c1. The zero-order valence-electron chi connectivity index (χ0n) is 12.5. The van der Waals surface area contributed by atoms with Crippen LogP contribution in [-0.4, -0.2) is 18.0 Å². The molecule has 2 rings (SSSR count). The van der Waals surface area contributed by atoms with Gasteiger partial charge in [0.1, 0.15) is 11.0 Å². The molecule has 22 heavy (non-hydrogen) atoms. The molecule has 0 saturated heterocycles. The summed E-state index contributed by atoms with van der Waals surface area (Å²) in [7, 11) is 1.70. The lowest BCUT2D eigenvalue weighted by Gasteiger charge is -2.12. The summed E-state index contributed by atoms with van der Waals surface area (Å²) in [6, 6.07) is 8.70. The first-order valence-electron chi connectivity index (χ1n) is 6.88. The molecule has 116 valence electrons. The van der Waals surface area contributed by atoms with Gasteiger partial charge in [0.15, 0.2) is 5.96 Å². The van der Waals surface area contributed by atoms with Crippen LogP contribution in [0.4, 0.5) is 4.39 Å². The highest BCUT2D eigenvalue weighted by atomic mass is 35.5. The standard InChI is InChI=1S/C16H18ClFN4/c1-11-7-12(3-5-14(11)18)8-21-16(19-2)22-10-13-4-6-15(17)20-9-13/h3-7,9H,8,10H2,1-2H3,(H2,19,21,22). The molecule has 4 nitrogen and oxygen atoms in total. The molecule has 0 aliphatic carbocycles. The first-order chi connectivity index (χ1) is 10.6. The third-order valence-electron chi connectivity index (χ3n) is 3.15. The number of hydrogen-bond acceptors (Lipinski definition) is 2. The van der Waals surface area contributed by atoms with Gasteiger partial charge in [-0.25, -0.2) is 9.37 Å². The number of pyridine rings is 1. The van der Waals surface area contributed by atoms with E-state index in [0.29, 0.717) is 29.8 Å². The lowest BCUT2D eigenvalue weighted by atomic mass is 10.1. The number of aromatic nitrogens is 1. The van der Waals surface area contributed by atoms with Crippen molar-refractivity contribution in [3.8, 4) is 0 Å². The summed E-state index contributed by atoms with van der Waals surface area (Å²) < 4.78 is 13.2. The highest BCUT2D eigenvalue weighted by molar-refractivity contribution is 6.29. The van der Waals surface area contributed by atoms with Crippen LogP contribution in [0.2, 0.25) is 5.15 Å². The molecule has 6 heteroatoms. The molecule has 1 heterocycles. The Kier molecular flexibility index (Phi) is 5.72. The van der Waals surface area contributed by atoms with Gasteiger partial charge in [0.2, 0.25) is 0 Å². The van der Waals surface area contributed by atoms with Crippen LogP contribution >= 0.6 is 11.6 Å². The van der Waals surface area contributed by atoms with Crippen LogP contribution in [0.25, 0.3) is 0 Å². The number of rotatable bonds is 4. The van der Waals surface area contributed by atoms with Crippen LogP contribution in [0.5, 0.6) is 0 Å². The normalized spacial score (nSPS) is 11.4. The molecule has 0 radical (unpaired) electrons. The third kappa shape index (κ3) is 4.70. The first-order valence-corrected chi connectivity index (χ1v) is 7.26. The predicted molar refractivity (Wildman–Crippen MR) is 87.4 cm³/mol. The van der Waals surface area contributed by atoms with E-state index in [1.54, 1.807) is 32.3 Å². The molecule has 0 aliphatic heterocycles. The Bertz CT molecular complexity index is 656. The molecule has 0 amide bonds. The van der Waals surface area contributed by atoms with Gasteiger partial charge < -0.3 is 10.6 Å². The fourth-order valence-corrected chi connectivity index (χ4v) is 2.03. The lowest BCUT2D eigenvalue weighted by Crippen LogP contribution is -2.36. The second kappa shape index (κ2) is 7.75. The Morgan fingerprint density at radius 3 is 2.45 bits per heavy atom. The van der Waals surface area contributed by atoms with Crippen molar-refractivity contribution in [1.82, 2.24) is 15.6 Å². The number of hydrogen-bond donors (Lipinski definition) is 2. The third-order valence-corrected chi connectivity index (χ3v) is 3.38. The second-order valence-electron chi connectivity index (χ2n) is 4.85. The van der Waals surface area contributed by atoms with Crippen molar-refractivity contribution < 1.29 is 4.39 Å². The van der Waals surface area contributed by atoms with Gasteiger partial charge in [-0.15, -0.1) is 0 Å². The molecule has 2 aromatic rings. The predicted octanol–water partition coefficient (Wildman–Crippen LogP) is 3.05. The van der Waals surface area contributed by atoms with E-state index in [-0.39, 0.29) is 5.82 Å². The quantitative estimate of drug-likeness (QED) is 0.517. The van der Waals surface area contributed by atoms with Gasteiger partial charge in [0.05, 0.1) is 0 Å². The number of nitrogens with zero attached hydrogens (tertiary/aromatic N) is 2. The molecule has 0 atom stereocenters. The number of nitrogens with one attached hydrogen (secondary N) is 2. The Balaban J connectivity index is 1.87. The molecule has 2 N–H and O–H groups in total. The van der Waals surface area contributed by atoms with Gasteiger partial charge in [-0.3, -0.25) is 4.99 Å². The summed E-state index contributed by atoms with van der Waals surface area (Å²) >= 11 is 5.75. The van der Waals surface area contributed by atoms with Gasteiger partial charge in [0.25, 0.3) is 0 Å². The van der Waals surface area contributed by atoms with Gasteiger partial charge in [-0.05, 0) is 35.7 Å². The van der Waals surface area contributed by atoms with Crippen molar-refractivity contribution in [2.75, 3.05) is 7.05 Å². The van der Waals surface area contributed by atoms with E-state index in [0.717, 1.165) is 11.1 Å². The monoisotopic (exact) mass is 320 g/mol. The van der Waals surface area contributed by atoms with E-state index in [9.17, 15) is 4.39 Å². The summed E-state index contributed by atoms with van der Waals surface area (Å²) in [6.45, 7) is 2.91. The number of benzene rings is 1. The minimum atomic E-state index is -0.193. The summed E-state index contributed by atoms with van der Waals surface area (Å²) in [6.07, 6.45) is 1.71. The zero-order chi connectivity index (χ0) is 15.9. The number of guanidine groups is 1. The van der Waals surface area contributed by atoms with Gasteiger partial charge in [0, 0.05) is 26.3 Å². The van der Waals surface area contributed by atoms with Crippen molar-refractivity contribution >= 4 is 17.6 Å². The molecule has 1 aromatic heterocycles. The number of halogens is 2. The minimum absolute atomic E-state index is 0.193. The Morgan fingerprint density at radius 1 is 1.18 bits per heavy atom. The zero-order valence-corrected chi connectivity index (χ0v) is 13.3. The molecule has 0 bridgehead atoms. The molecule has 0 unspecified atom stereocenters. The maximum absolute atomic E-state index is 13.2. The average Bonchev–Trinajstić information content (AvgIpc) is 2.52. The van der Waals surface area contributed by atoms with Crippen LogP contribution in [0.3, 0.4) is 0 Å². The van der Waals surface area contributed by atoms with Crippen molar-refractivity contribution in [3.05, 3.63) is 64.2 Å². The molecule has 0 spiro atoms. The van der Waals surface area contributed by atoms with Crippen LogP contribution < -0.4 is 10.6 Å². The fourth-order valence-electron chi connectivity index (χ4n) is 1.92. The maximum atomic E-state index is 13.2. The fraction of sp³-hybridized carbons (Fsp3) is 0.250. The number of aryl methyl sites for hydroxylation is 1. The van der Waals surface area contributed by atoms with Crippen LogP contribution in [0.15, 0.2) is 41.5 Å². The smallest absolute Gasteiger partial charge is 0.191 e. The molecule has 0 aliphatic rings. The van der Waals surface area contributed by atoms with Gasteiger partial charge in [-0.2, -0.15) is 0 Å². The number of aliphatic imine (C=N–C) groups is 1.